The highest BCUT2D eigenvalue weighted by molar-refractivity contribution is 7.99. The Morgan fingerprint density at radius 3 is 3.06 bits per heavy atom. The van der Waals surface area contributed by atoms with Crippen LogP contribution in [0, 0.1) is 0 Å². The van der Waals surface area contributed by atoms with E-state index in [2.05, 4.69) is 10.3 Å². The second-order valence-corrected chi connectivity index (χ2v) is 5.43. The number of pyridine rings is 1. The van der Waals surface area contributed by atoms with Gasteiger partial charge in [-0.1, -0.05) is 0 Å². The Balaban J connectivity index is 1.79. The highest BCUT2D eigenvalue weighted by atomic mass is 32.2. The zero-order valence-corrected chi connectivity index (χ0v) is 11.5. The predicted molar refractivity (Wildman–Crippen MR) is 75.6 cm³/mol. The lowest BCUT2D eigenvalue weighted by molar-refractivity contribution is 0.144. The first-order valence-corrected chi connectivity index (χ1v) is 7.46. The second-order valence-electron chi connectivity index (χ2n) is 4.28. The molecule has 2 rings (SSSR count). The van der Waals surface area contributed by atoms with Gasteiger partial charge >= 0.3 is 0 Å². The van der Waals surface area contributed by atoms with Gasteiger partial charge in [0.15, 0.2) is 0 Å². The first-order valence-electron chi connectivity index (χ1n) is 6.30. The van der Waals surface area contributed by atoms with Gasteiger partial charge in [0, 0.05) is 25.0 Å². The Hall–Kier alpha value is -0.940. The third kappa shape index (κ3) is 4.38. The molecule has 0 aromatic carbocycles. The highest BCUT2D eigenvalue weighted by Crippen LogP contribution is 2.21. The summed E-state index contributed by atoms with van der Waals surface area (Å²) in [6, 6.07) is 4.49. The van der Waals surface area contributed by atoms with E-state index in [0.717, 1.165) is 5.69 Å². The molecule has 1 fully saturated rings. The highest BCUT2D eigenvalue weighted by Gasteiger charge is 2.13. The Morgan fingerprint density at radius 2 is 2.39 bits per heavy atom. The van der Waals surface area contributed by atoms with Gasteiger partial charge in [0.25, 0.3) is 0 Å². The van der Waals surface area contributed by atoms with Gasteiger partial charge in [-0.3, -0.25) is 0 Å². The number of ether oxygens (including phenoxy) is 2. The van der Waals surface area contributed by atoms with Crippen LogP contribution in [0.2, 0.25) is 0 Å². The summed E-state index contributed by atoms with van der Waals surface area (Å²) >= 11 is 2.02. The van der Waals surface area contributed by atoms with Crippen LogP contribution in [0.5, 0.6) is 5.88 Å². The van der Waals surface area contributed by atoms with E-state index in [1.807, 2.05) is 30.1 Å². The molecular weight excluding hydrogens is 248 g/mol. The fraction of sp³-hybridized carbons (Fsp3) is 0.615. The van der Waals surface area contributed by atoms with Crippen LogP contribution in [-0.2, 0) is 4.74 Å². The summed E-state index contributed by atoms with van der Waals surface area (Å²) in [5.41, 5.74) is 1.07. The predicted octanol–water partition coefficient (Wildman–Crippen LogP) is 2.41. The minimum absolute atomic E-state index is 0.537. The summed E-state index contributed by atoms with van der Waals surface area (Å²) in [4.78, 5) is 4.27. The largest absolute Gasteiger partial charge is 0.475 e. The van der Waals surface area contributed by atoms with E-state index in [0.29, 0.717) is 25.1 Å². The van der Waals surface area contributed by atoms with Gasteiger partial charge in [0.05, 0.1) is 18.5 Å². The van der Waals surface area contributed by atoms with Crippen LogP contribution in [0.25, 0.3) is 0 Å². The number of anilines is 1. The summed E-state index contributed by atoms with van der Waals surface area (Å²) in [6.45, 7) is 1.12. The molecule has 1 saturated heterocycles. The molecule has 0 saturated carbocycles. The monoisotopic (exact) mass is 268 g/mol. The molecule has 100 valence electrons. The number of hydrogen-bond acceptors (Lipinski definition) is 5. The van der Waals surface area contributed by atoms with Crippen LogP contribution < -0.4 is 10.1 Å². The maximum Gasteiger partial charge on any atom is 0.213 e. The van der Waals surface area contributed by atoms with Crippen LogP contribution in [0.1, 0.15) is 12.8 Å². The molecule has 1 aliphatic rings. The first-order chi connectivity index (χ1) is 8.88. The summed E-state index contributed by atoms with van der Waals surface area (Å²) < 4.78 is 10.3. The molecule has 0 radical (unpaired) electrons. The molecule has 1 atom stereocenters. The third-order valence-corrected chi connectivity index (χ3v) is 4.02. The van der Waals surface area contributed by atoms with Crippen molar-refractivity contribution < 1.29 is 9.47 Å². The minimum Gasteiger partial charge on any atom is -0.475 e. The fourth-order valence-electron chi connectivity index (χ4n) is 1.87. The number of aromatic nitrogens is 1. The van der Waals surface area contributed by atoms with Crippen molar-refractivity contribution in [3.05, 3.63) is 18.3 Å². The second kappa shape index (κ2) is 7.48. The van der Waals surface area contributed by atoms with Gasteiger partial charge in [0.1, 0.15) is 6.61 Å². The molecule has 1 unspecified atom stereocenters. The lowest BCUT2D eigenvalue weighted by Crippen LogP contribution is -2.25. The molecule has 5 heteroatoms. The summed E-state index contributed by atoms with van der Waals surface area (Å²) in [5.74, 6) is 3.13. The number of rotatable bonds is 6. The van der Waals surface area contributed by atoms with Crippen molar-refractivity contribution in [2.75, 3.05) is 37.1 Å². The van der Waals surface area contributed by atoms with E-state index in [1.165, 1.54) is 24.3 Å². The van der Waals surface area contributed by atoms with Crippen LogP contribution in [0.15, 0.2) is 18.3 Å². The molecule has 0 bridgehead atoms. The standard InChI is InChI=1S/C13H20N2O2S/c1-16-6-7-17-13-5-4-11(9-14-13)15-12-3-2-8-18-10-12/h4-5,9,12,15H,2-3,6-8,10H2,1H3. The maximum atomic E-state index is 5.42. The molecule has 1 aliphatic heterocycles. The van der Waals surface area contributed by atoms with E-state index in [9.17, 15) is 0 Å². The van der Waals surface area contributed by atoms with Crippen LogP contribution >= 0.6 is 11.8 Å². The van der Waals surface area contributed by atoms with E-state index >= 15 is 0 Å². The lowest BCUT2D eigenvalue weighted by atomic mass is 10.2. The van der Waals surface area contributed by atoms with Crippen LogP contribution in [0.4, 0.5) is 5.69 Å². The Bertz CT molecular complexity index is 339. The minimum atomic E-state index is 0.537. The maximum absolute atomic E-state index is 5.42. The molecule has 18 heavy (non-hydrogen) atoms. The number of hydrogen-bond donors (Lipinski definition) is 1. The van der Waals surface area contributed by atoms with E-state index in [4.69, 9.17) is 9.47 Å². The van der Waals surface area contributed by atoms with Gasteiger partial charge in [-0.15, -0.1) is 0 Å². The normalized spacial score (nSPS) is 19.5. The first kappa shape index (κ1) is 13.5. The summed E-state index contributed by atoms with van der Waals surface area (Å²) in [7, 11) is 1.66. The average molecular weight is 268 g/mol. The van der Waals surface area contributed by atoms with Crippen molar-refractivity contribution in [3.63, 3.8) is 0 Å². The van der Waals surface area contributed by atoms with Crippen molar-refractivity contribution in [1.82, 2.24) is 4.98 Å². The lowest BCUT2D eigenvalue weighted by Gasteiger charge is -2.23. The van der Waals surface area contributed by atoms with Gasteiger partial charge in [0.2, 0.25) is 5.88 Å². The van der Waals surface area contributed by atoms with E-state index in [1.54, 1.807) is 7.11 Å². The average Bonchev–Trinajstić information content (AvgIpc) is 2.42. The van der Waals surface area contributed by atoms with Gasteiger partial charge in [-0.05, 0) is 24.7 Å². The smallest absolute Gasteiger partial charge is 0.213 e. The van der Waals surface area contributed by atoms with E-state index < -0.39 is 0 Å². The number of methoxy groups -OCH3 is 1. The van der Waals surface area contributed by atoms with Crippen molar-refractivity contribution in [2.45, 2.75) is 18.9 Å². The number of nitrogens with zero attached hydrogens (tertiary/aromatic N) is 1. The molecule has 0 spiro atoms. The molecular formula is C13H20N2O2S. The Kier molecular flexibility index (Phi) is 5.61. The van der Waals surface area contributed by atoms with Crippen molar-refractivity contribution in [2.24, 2.45) is 0 Å². The zero-order valence-electron chi connectivity index (χ0n) is 10.7. The summed E-state index contributed by atoms with van der Waals surface area (Å²) in [6.07, 6.45) is 4.38. The quantitative estimate of drug-likeness (QED) is 0.803. The molecule has 2 heterocycles. The van der Waals surface area contributed by atoms with Gasteiger partial charge in [-0.2, -0.15) is 11.8 Å². The molecule has 0 aliphatic carbocycles. The van der Waals surface area contributed by atoms with Crippen LogP contribution in [-0.4, -0.2) is 42.9 Å². The number of thioether (sulfide) groups is 1. The van der Waals surface area contributed by atoms with Crippen molar-refractivity contribution in [1.29, 1.82) is 0 Å². The summed E-state index contributed by atoms with van der Waals surface area (Å²) in [5, 5.41) is 3.51. The molecule has 1 aromatic rings. The van der Waals surface area contributed by atoms with Crippen molar-refractivity contribution in [3.8, 4) is 5.88 Å². The van der Waals surface area contributed by atoms with Gasteiger partial charge < -0.3 is 14.8 Å². The Labute approximate surface area is 112 Å². The Morgan fingerprint density at radius 1 is 1.44 bits per heavy atom. The third-order valence-electron chi connectivity index (χ3n) is 2.80. The fourth-order valence-corrected chi connectivity index (χ4v) is 2.94. The van der Waals surface area contributed by atoms with Gasteiger partial charge in [-0.25, -0.2) is 4.98 Å². The molecule has 0 amide bonds. The SMILES string of the molecule is COCCOc1ccc(NC2CCCSC2)cn1. The van der Waals surface area contributed by atoms with E-state index in [-0.39, 0.29) is 0 Å². The molecule has 4 nitrogen and oxygen atoms in total. The number of nitrogens with one attached hydrogen (secondary N) is 1. The molecule has 1 N–H and O–H groups in total. The topological polar surface area (TPSA) is 43.4 Å². The van der Waals surface area contributed by atoms with Crippen molar-refractivity contribution >= 4 is 17.4 Å². The van der Waals surface area contributed by atoms with Crippen LogP contribution in [0.3, 0.4) is 0 Å². The molecule has 1 aromatic heterocycles. The zero-order chi connectivity index (χ0) is 12.6.